The summed E-state index contributed by atoms with van der Waals surface area (Å²) in [5, 5.41) is 15.4. The Morgan fingerprint density at radius 3 is 2.76 bits per heavy atom. The third-order valence-electron chi connectivity index (χ3n) is 3.79. The average Bonchev–Trinajstić information content (AvgIpc) is 2.97. The fourth-order valence-electron chi connectivity index (χ4n) is 2.71. The smallest absolute Gasteiger partial charge is 0.280 e. The zero-order valence-corrected chi connectivity index (χ0v) is 12.0. The Balaban J connectivity index is 1.95. The molecule has 1 aromatic carbocycles. The fraction of sp³-hybridized carbons (Fsp3) is 0.429. The number of benzene rings is 1. The van der Waals surface area contributed by atoms with Gasteiger partial charge in [0.15, 0.2) is 0 Å². The van der Waals surface area contributed by atoms with Crippen LogP contribution in [0.2, 0.25) is 5.02 Å². The van der Waals surface area contributed by atoms with Crippen LogP contribution in [0.5, 0.6) is 0 Å². The first-order valence-corrected chi connectivity index (χ1v) is 7.31. The average molecular weight is 308 g/mol. The highest BCUT2D eigenvalue weighted by molar-refractivity contribution is 6.31. The second-order valence-corrected chi connectivity index (χ2v) is 5.65. The molecule has 0 N–H and O–H groups in total. The van der Waals surface area contributed by atoms with Crippen LogP contribution in [0.4, 0.5) is 5.69 Å². The van der Waals surface area contributed by atoms with Crippen molar-refractivity contribution in [3.8, 4) is 11.4 Å². The Kier molecular flexibility index (Phi) is 3.88. The number of aromatic nitrogens is 2. The molecule has 6 nitrogen and oxygen atoms in total. The van der Waals surface area contributed by atoms with Crippen LogP contribution in [0.25, 0.3) is 11.4 Å². The first-order chi connectivity index (χ1) is 10.1. The molecule has 3 rings (SSSR count). The van der Waals surface area contributed by atoms with Gasteiger partial charge in [0.2, 0.25) is 11.7 Å². The van der Waals surface area contributed by atoms with Crippen LogP contribution in [0.15, 0.2) is 22.7 Å². The summed E-state index contributed by atoms with van der Waals surface area (Å²) in [5.41, 5.74) is 0.216. The quantitative estimate of drug-likeness (QED) is 0.622. The largest absolute Gasteiger partial charge is 0.339 e. The summed E-state index contributed by atoms with van der Waals surface area (Å²) < 4.78 is 5.31. The van der Waals surface area contributed by atoms with E-state index in [1.54, 1.807) is 0 Å². The molecule has 21 heavy (non-hydrogen) atoms. The first-order valence-electron chi connectivity index (χ1n) is 6.93. The van der Waals surface area contributed by atoms with Gasteiger partial charge in [0, 0.05) is 17.0 Å². The molecule has 1 aromatic heterocycles. The second kappa shape index (κ2) is 5.81. The molecule has 1 aliphatic carbocycles. The molecule has 1 heterocycles. The lowest BCUT2D eigenvalue weighted by Crippen LogP contribution is -2.04. The summed E-state index contributed by atoms with van der Waals surface area (Å²) in [6.07, 6.45) is 5.59. The van der Waals surface area contributed by atoms with Crippen molar-refractivity contribution in [1.29, 1.82) is 0 Å². The number of hydrogen-bond donors (Lipinski definition) is 0. The van der Waals surface area contributed by atoms with Gasteiger partial charge in [-0.2, -0.15) is 4.98 Å². The Bertz CT molecular complexity index is 665. The highest BCUT2D eigenvalue weighted by Gasteiger charge is 2.25. The molecule has 0 unspecified atom stereocenters. The van der Waals surface area contributed by atoms with Crippen LogP contribution in [0.1, 0.15) is 43.9 Å². The summed E-state index contributed by atoms with van der Waals surface area (Å²) in [7, 11) is 0. The van der Waals surface area contributed by atoms with Gasteiger partial charge in [0.25, 0.3) is 5.69 Å². The molecular formula is C14H14ClN3O3. The second-order valence-electron chi connectivity index (χ2n) is 5.21. The van der Waals surface area contributed by atoms with Crippen molar-refractivity contribution in [3.05, 3.63) is 39.2 Å². The molecule has 0 atom stereocenters. The number of halogens is 1. The molecule has 110 valence electrons. The lowest BCUT2D eigenvalue weighted by atomic mass is 9.89. The zero-order valence-electron chi connectivity index (χ0n) is 11.3. The maximum atomic E-state index is 11.1. The number of nitro groups is 1. The van der Waals surface area contributed by atoms with E-state index in [1.807, 2.05) is 0 Å². The van der Waals surface area contributed by atoms with Gasteiger partial charge in [0.05, 0.1) is 4.92 Å². The van der Waals surface area contributed by atoms with E-state index in [9.17, 15) is 10.1 Å². The van der Waals surface area contributed by atoms with E-state index >= 15 is 0 Å². The molecule has 0 saturated heterocycles. The van der Waals surface area contributed by atoms with Crippen LogP contribution in [-0.2, 0) is 0 Å². The van der Waals surface area contributed by atoms with Gasteiger partial charge < -0.3 is 4.52 Å². The van der Waals surface area contributed by atoms with Crippen molar-refractivity contribution in [2.45, 2.75) is 38.0 Å². The number of hydrogen-bond acceptors (Lipinski definition) is 5. The summed E-state index contributed by atoms with van der Waals surface area (Å²) in [5.74, 6) is 1.06. The molecule has 1 aliphatic rings. The SMILES string of the molecule is O=[N+]([O-])c1ccc(Cl)cc1-c1noc(C2CCCCC2)n1. The van der Waals surface area contributed by atoms with E-state index in [1.165, 1.54) is 24.6 Å². The maximum absolute atomic E-state index is 11.1. The van der Waals surface area contributed by atoms with Crippen molar-refractivity contribution >= 4 is 17.3 Å². The van der Waals surface area contributed by atoms with Gasteiger partial charge in [-0.05, 0) is 25.0 Å². The van der Waals surface area contributed by atoms with Gasteiger partial charge >= 0.3 is 0 Å². The van der Waals surface area contributed by atoms with Crippen LogP contribution < -0.4 is 0 Å². The maximum Gasteiger partial charge on any atom is 0.280 e. The van der Waals surface area contributed by atoms with Gasteiger partial charge in [-0.1, -0.05) is 36.0 Å². The minimum Gasteiger partial charge on any atom is -0.339 e. The number of nitrogens with zero attached hydrogens (tertiary/aromatic N) is 3. The van der Waals surface area contributed by atoms with Crippen molar-refractivity contribution in [2.75, 3.05) is 0 Å². The predicted octanol–water partition coefficient (Wildman–Crippen LogP) is 4.35. The minimum absolute atomic E-state index is 0.0737. The molecule has 1 saturated carbocycles. The van der Waals surface area contributed by atoms with Gasteiger partial charge in [-0.25, -0.2) is 0 Å². The molecule has 0 radical (unpaired) electrons. The van der Waals surface area contributed by atoms with E-state index in [-0.39, 0.29) is 17.4 Å². The summed E-state index contributed by atoms with van der Waals surface area (Å²) in [6, 6.07) is 4.33. The van der Waals surface area contributed by atoms with Crippen LogP contribution in [0, 0.1) is 10.1 Å². The standard InChI is InChI=1S/C14H14ClN3O3/c15-10-6-7-12(18(19)20)11(8-10)13-16-14(21-17-13)9-4-2-1-3-5-9/h6-9H,1-5H2. The predicted molar refractivity (Wildman–Crippen MR) is 77.2 cm³/mol. The summed E-state index contributed by atoms with van der Waals surface area (Å²) >= 11 is 5.92. The first kappa shape index (κ1) is 14.0. The molecule has 0 spiro atoms. The van der Waals surface area contributed by atoms with E-state index in [4.69, 9.17) is 16.1 Å². The number of rotatable bonds is 3. The van der Waals surface area contributed by atoms with Crippen LogP contribution in [-0.4, -0.2) is 15.1 Å². The van der Waals surface area contributed by atoms with E-state index < -0.39 is 4.92 Å². The number of nitro benzene ring substituents is 1. The topological polar surface area (TPSA) is 82.1 Å². The van der Waals surface area contributed by atoms with Gasteiger partial charge in [-0.3, -0.25) is 10.1 Å². The molecular weight excluding hydrogens is 294 g/mol. The van der Waals surface area contributed by atoms with Crippen molar-refractivity contribution in [1.82, 2.24) is 10.1 Å². The molecule has 0 amide bonds. The molecule has 2 aromatic rings. The molecule has 1 fully saturated rings. The van der Waals surface area contributed by atoms with Crippen molar-refractivity contribution < 1.29 is 9.45 Å². The summed E-state index contributed by atoms with van der Waals surface area (Å²) in [6.45, 7) is 0. The Morgan fingerprint density at radius 1 is 1.29 bits per heavy atom. The van der Waals surface area contributed by atoms with Crippen LogP contribution >= 0.6 is 11.6 Å². The Labute approximate surface area is 126 Å². The highest BCUT2D eigenvalue weighted by atomic mass is 35.5. The lowest BCUT2D eigenvalue weighted by molar-refractivity contribution is -0.384. The molecule has 0 bridgehead atoms. The van der Waals surface area contributed by atoms with Crippen molar-refractivity contribution in [3.63, 3.8) is 0 Å². The highest BCUT2D eigenvalue weighted by Crippen LogP contribution is 2.35. The zero-order chi connectivity index (χ0) is 14.8. The van der Waals surface area contributed by atoms with E-state index in [0.29, 0.717) is 16.5 Å². The minimum atomic E-state index is -0.470. The van der Waals surface area contributed by atoms with E-state index in [2.05, 4.69) is 10.1 Å². The molecule has 0 aliphatic heterocycles. The normalized spacial score (nSPS) is 16.0. The van der Waals surface area contributed by atoms with E-state index in [0.717, 1.165) is 25.7 Å². The van der Waals surface area contributed by atoms with Crippen LogP contribution in [0.3, 0.4) is 0 Å². The fourth-order valence-corrected chi connectivity index (χ4v) is 2.88. The summed E-state index contributed by atoms with van der Waals surface area (Å²) in [4.78, 5) is 15.0. The monoisotopic (exact) mass is 307 g/mol. The Hall–Kier alpha value is -1.95. The molecule has 7 heteroatoms. The third kappa shape index (κ3) is 2.90. The van der Waals surface area contributed by atoms with Gasteiger partial charge in [-0.15, -0.1) is 0 Å². The third-order valence-corrected chi connectivity index (χ3v) is 4.03. The lowest BCUT2D eigenvalue weighted by Gasteiger charge is -2.17. The van der Waals surface area contributed by atoms with Gasteiger partial charge in [0.1, 0.15) is 5.56 Å². The van der Waals surface area contributed by atoms with Crippen molar-refractivity contribution in [2.24, 2.45) is 0 Å². The Morgan fingerprint density at radius 2 is 2.05 bits per heavy atom.